The van der Waals surface area contributed by atoms with Gasteiger partial charge < -0.3 is 15.3 Å². The summed E-state index contributed by atoms with van der Waals surface area (Å²) in [7, 11) is 0. The Morgan fingerprint density at radius 3 is 2.44 bits per heavy atom. The first-order valence-corrected chi connectivity index (χ1v) is 6.56. The number of aromatic nitrogens is 3. The van der Waals surface area contributed by atoms with Crippen molar-refractivity contribution in [3.63, 3.8) is 0 Å². The molecule has 18 heavy (non-hydrogen) atoms. The Labute approximate surface area is 111 Å². The van der Waals surface area contributed by atoms with Gasteiger partial charge in [-0.25, -0.2) is 0 Å². The standard InChI is InChI=1S/C11H18ClN5O/c1-3-17(4-2)10-14-8(12)13-9(15-10)16-11(7-18)5-6-11/h18H,3-7H2,1-2H3,(H,13,14,15,16). The second-order valence-electron chi connectivity index (χ2n) is 4.46. The molecule has 1 fully saturated rings. The van der Waals surface area contributed by atoms with Crippen LogP contribution in [0.3, 0.4) is 0 Å². The van der Waals surface area contributed by atoms with Crippen LogP contribution < -0.4 is 10.2 Å². The number of nitrogens with zero attached hydrogens (tertiary/aromatic N) is 4. The van der Waals surface area contributed by atoms with E-state index in [0.717, 1.165) is 25.9 Å². The molecule has 0 bridgehead atoms. The van der Waals surface area contributed by atoms with Crippen molar-refractivity contribution in [2.75, 3.05) is 29.9 Å². The third-order valence-corrected chi connectivity index (χ3v) is 3.34. The molecule has 1 aromatic heterocycles. The Morgan fingerprint density at radius 1 is 1.28 bits per heavy atom. The monoisotopic (exact) mass is 271 g/mol. The van der Waals surface area contributed by atoms with E-state index in [1.807, 2.05) is 18.7 Å². The van der Waals surface area contributed by atoms with Gasteiger partial charge in [0.15, 0.2) is 0 Å². The average molecular weight is 272 g/mol. The van der Waals surface area contributed by atoms with Crippen LogP contribution in [0.5, 0.6) is 0 Å². The summed E-state index contributed by atoms with van der Waals surface area (Å²) in [6, 6.07) is 0. The molecular formula is C11H18ClN5O. The maximum atomic E-state index is 9.28. The van der Waals surface area contributed by atoms with Crippen LogP contribution in [0.25, 0.3) is 0 Å². The zero-order valence-corrected chi connectivity index (χ0v) is 11.4. The molecule has 0 unspecified atom stereocenters. The molecule has 0 spiro atoms. The smallest absolute Gasteiger partial charge is 0.231 e. The van der Waals surface area contributed by atoms with Crippen molar-refractivity contribution in [3.8, 4) is 0 Å². The molecule has 1 heterocycles. The summed E-state index contributed by atoms with van der Waals surface area (Å²) >= 11 is 5.91. The van der Waals surface area contributed by atoms with E-state index in [-0.39, 0.29) is 17.4 Å². The summed E-state index contributed by atoms with van der Waals surface area (Å²) in [6.07, 6.45) is 1.85. The lowest BCUT2D eigenvalue weighted by molar-refractivity contribution is 0.265. The highest BCUT2D eigenvalue weighted by Crippen LogP contribution is 2.37. The molecule has 0 aromatic carbocycles. The van der Waals surface area contributed by atoms with Crippen LogP contribution in [-0.2, 0) is 0 Å². The molecule has 2 N–H and O–H groups in total. The van der Waals surface area contributed by atoms with Crippen LogP contribution in [0, 0.1) is 0 Å². The second-order valence-corrected chi connectivity index (χ2v) is 4.80. The van der Waals surface area contributed by atoms with Gasteiger partial charge in [-0.15, -0.1) is 0 Å². The van der Waals surface area contributed by atoms with E-state index in [1.165, 1.54) is 0 Å². The van der Waals surface area contributed by atoms with Gasteiger partial charge in [0.25, 0.3) is 0 Å². The topological polar surface area (TPSA) is 74.2 Å². The second kappa shape index (κ2) is 5.24. The van der Waals surface area contributed by atoms with Crippen molar-refractivity contribution in [2.24, 2.45) is 0 Å². The van der Waals surface area contributed by atoms with Gasteiger partial charge in [-0.2, -0.15) is 15.0 Å². The molecule has 0 aliphatic heterocycles. The maximum Gasteiger partial charge on any atom is 0.231 e. The first-order valence-electron chi connectivity index (χ1n) is 6.18. The van der Waals surface area contributed by atoms with Gasteiger partial charge >= 0.3 is 0 Å². The third-order valence-electron chi connectivity index (χ3n) is 3.18. The highest BCUT2D eigenvalue weighted by Gasteiger charge is 2.42. The third kappa shape index (κ3) is 2.81. The summed E-state index contributed by atoms with van der Waals surface area (Å²) < 4.78 is 0. The number of anilines is 2. The van der Waals surface area contributed by atoms with Crippen LogP contribution >= 0.6 is 11.6 Å². The van der Waals surface area contributed by atoms with Gasteiger partial charge in [0, 0.05) is 13.1 Å². The summed E-state index contributed by atoms with van der Waals surface area (Å²) in [4.78, 5) is 14.5. The fourth-order valence-corrected chi connectivity index (χ4v) is 1.91. The summed E-state index contributed by atoms with van der Waals surface area (Å²) in [5.74, 6) is 1.000. The Balaban J connectivity index is 2.21. The van der Waals surface area contributed by atoms with Gasteiger partial charge in [-0.1, -0.05) is 0 Å². The molecule has 0 radical (unpaired) electrons. The molecular weight excluding hydrogens is 254 g/mol. The lowest BCUT2D eigenvalue weighted by Gasteiger charge is -2.20. The quantitative estimate of drug-likeness (QED) is 0.813. The van der Waals surface area contributed by atoms with E-state index in [1.54, 1.807) is 0 Å². The van der Waals surface area contributed by atoms with Gasteiger partial charge in [0.2, 0.25) is 17.2 Å². The van der Waals surface area contributed by atoms with Crippen molar-refractivity contribution in [1.82, 2.24) is 15.0 Å². The SMILES string of the molecule is CCN(CC)c1nc(Cl)nc(NC2(CO)CC2)n1. The molecule has 1 aromatic rings. The number of halogens is 1. The molecule has 6 nitrogen and oxygen atoms in total. The van der Waals surface area contributed by atoms with Crippen LogP contribution in [0.15, 0.2) is 0 Å². The van der Waals surface area contributed by atoms with Crippen molar-refractivity contribution in [3.05, 3.63) is 5.28 Å². The molecule has 0 atom stereocenters. The summed E-state index contributed by atoms with van der Waals surface area (Å²) in [6.45, 7) is 5.76. The minimum absolute atomic E-state index is 0.0803. The van der Waals surface area contributed by atoms with Crippen LogP contribution in [0.4, 0.5) is 11.9 Å². The Hall–Kier alpha value is -1.14. The highest BCUT2D eigenvalue weighted by molar-refractivity contribution is 6.28. The van der Waals surface area contributed by atoms with Crippen molar-refractivity contribution in [1.29, 1.82) is 0 Å². The van der Waals surface area contributed by atoms with Crippen molar-refractivity contribution >= 4 is 23.5 Å². The minimum Gasteiger partial charge on any atom is -0.394 e. The fraction of sp³-hybridized carbons (Fsp3) is 0.727. The largest absolute Gasteiger partial charge is 0.394 e. The number of hydrogen-bond acceptors (Lipinski definition) is 6. The van der Waals surface area contributed by atoms with Crippen molar-refractivity contribution < 1.29 is 5.11 Å². The molecule has 2 rings (SSSR count). The van der Waals surface area contributed by atoms with E-state index >= 15 is 0 Å². The van der Waals surface area contributed by atoms with E-state index in [0.29, 0.717) is 11.9 Å². The van der Waals surface area contributed by atoms with Crippen LogP contribution in [-0.4, -0.2) is 45.3 Å². The number of hydrogen-bond donors (Lipinski definition) is 2. The van der Waals surface area contributed by atoms with Gasteiger partial charge in [0.1, 0.15) is 0 Å². The Morgan fingerprint density at radius 2 is 1.94 bits per heavy atom. The molecule has 7 heteroatoms. The zero-order valence-electron chi connectivity index (χ0n) is 10.6. The van der Waals surface area contributed by atoms with Gasteiger partial charge in [-0.05, 0) is 38.3 Å². The minimum atomic E-state index is -0.259. The van der Waals surface area contributed by atoms with E-state index < -0.39 is 0 Å². The van der Waals surface area contributed by atoms with E-state index in [2.05, 4.69) is 20.3 Å². The Bertz CT molecular complexity index is 420. The highest BCUT2D eigenvalue weighted by atomic mass is 35.5. The first kappa shape index (κ1) is 13.3. The number of aliphatic hydroxyl groups is 1. The molecule has 1 saturated carbocycles. The zero-order chi connectivity index (χ0) is 13.2. The fourth-order valence-electron chi connectivity index (χ4n) is 1.75. The van der Waals surface area contributed by atoms with Crippen LogP contribution in [0.1, 0.15) is 26.7 Å². The number of aliphatic hydroxyl groups excluding tert-OH is 1. The molecule has 100 valence electrons. The van der Waals surface area contributed by atoms with Crippen LogP contribution in [0.2, 0.25) is 5.28 Å². The maximum absolute atomic E-state index is 9.28. The molecule has 1 aliphatic rings. The predicted molar refractivity (Wildman–Crippen MR) is 71.1 cm³/mol. The lowest BCUT2D eigenvalue weighted by Crippen LogP contribution is -2.29. The average Bonchev–Trinajstić information content (AvgIpc) is 3.10. The number of nitrogens with one attached hydrogen (secondary N) is 1. The molecule has 1 aliphatic carbocycles. The lowest BCUT2D eigenvalue weighted by atomic mass is 10.3. The van der Waals surface area contributed by atoms with E-state index in [9.17, 15) is 5.11 Å². The molecule has 0 amide bonds. The Kier molecular flexibility index (Phi) is 3.87. The molecule has 0 saturated heterocycles. The normalized spacial score (nSPS) is 16.4. The summed E-state index contributed by atoms with van der Waals surface area (Å²) in [5, 5.41) is 12.6. The van der Waals surface area contributed by atoms with Crippen molar-refractivity contribution in [2.45, 2.75) is 32.2 Å². The van der Waals surface area contributed by atoms with E-state index in [4.69, 9.17) is 11.6 Å². The van der Waals surface area contributed by atoms with Gasteiger partial charge in [-0.3, -0.25) is 0 Å². The predicted octanol–water partition coefficient (Wildman–Crippen LogP) is 1.31. The summed E-state index contributed by atoms with van der Waals surface area (Å²) in [5.41, 5.74) is -0.259. The first-order chi connectivity index (χ1) is 8.62. The van der Waals surface area contributed by atoms with Gasteiger partial charge in [0.05, 0.1) is 12.1 Å². The number of rotatable bonds is 6.